The van der Waals surface area contributed by atoms with Gasteiger partial charge in [0.1, 0.15) is 4.70 Å². The lowest BCUT2D eigenvalue weighted by Gasteiger charge is -2.09. The van der Waals surface area contributed by atoms with Crippen LogP contribution in [0.15, 0.2) is 52.4 Å². The van der Waals surface area contributed by atoms with E-state index in [2.05, 4.69) is 0 Å². The van der Waals surface area contributed by atoms with Crippen LogP contribution in [0.2, 0.25) is 0 Å². The third-order valence-corrected chi connectivity index (χ3v) is 7.32. The molecule has 1 aliphatic heterocycles. The summed E-state index contributed by atoms with van der Waals surface area (Å²) in [5.41, 5.74) is 3.65. The molecule has 0 fully saturated rings. The molecule has 5 rings (SSSR count). The molecule has 0 unspecified atom stereocenters. The lowest BCUT2D eigenvalue weighted by molar-refractivity contribution is 0.174. The first kappa shape index (κ1) is 19.3. The summed E-state index contributed by atoms with van der Waals surface area (Å²) in [5, 5.41) is 0.638. The van der Waals surface area contributed by atoms with Gasteiger partial charge in [-0.1, -0.05) is 46.9 Å². The average molecular weight is 456 g/mol. The number of aromatic nitrogens is 3. The number of aryl methyl sites for hydroxylation is 1. The second-order valence-electron chi connectivity index (χ2n) is 6.93. The Morgan fingerprint density at radius 1 is 1.17 bits per heavy atom. The van der Waals surface area contributed by atoms with E-state index in [-0.39, 0.29) is 12.4 Å². The molecule has 0 saturated carbocycles. The molecule has 0 spiro atoms. The number of hydrogen-bond acceptors (Lipinski definition) is 7. The highest BCUT2D eigenvalue weighted by Gasteiger charge is 2.17. The normalized spacial score (nSPS) is 12.6. The smallest absolute Gasteiger partial charge is 0.273 e. The fraction of sp³-hybridized carbons (Fsp3) is 0.190. The zero-order chi connectivity index (χ0) is 20.8. The van der Waals surface area contributed by atoms with Gasteiger partial charge >= 0.3 is 0 Å². The molecule has 2 aromatic heterocycles. The van der Waals surface area contributed by atoms with E-state index in [0.717, 1.165) is 28.3 Å². The number of fused-ring (bicyclic) bond motifs is 2. The van der Waals surface area contributed by atoms with Gasteiger partial charge in [0.2, 0.25) is 6.79 Å². The van der Waals surface area contributed by atoms with E-state index >= 15 is 0 Å². The number of rotatable bonds is 4. The molecule has 0 aliphatic carbocycles. The van der Waals surface area contributed by atoms with Crippen LogP contribution >= 0.6 is 35.3 Å². The van der Waals surface area contributed by atoms with Crippen molar-refractivity contribution in [3.8, 4) is 17.2 Å². The van der Waals surface area contributed by atoms with Crippen molar-refractivity contribution in [1.82, 2.24) is 14.1 Å². The first-order valence-corrected chi connectivity index (χ1v) is 11.4. The molecule has 0 radical (unpaired) electrons. The third-order valence-electron chi connectivity index (χ3n) is 4.87. The number of thiazole rings is 1. The minimum Gasteiger partial charge on any atom is -0.454 e. The number of thioether (sulfide) groups is 1. The van der Waals surface area contributed by atoms with Crippen molar-refractivity contribution in [2.24, 2.45) is 7.05 Å². The first-order chi connectivity index (χ1) is 14.5. The van der Waals surface area contributed by atoms with Crippen molar-refractivity contribution >= 4 is 45.7 Å². The predicted octanol–water partition coefficient (Wildman–Crippen LogP) is 4.84. The predicted molar refractivity (Wildman–Crippen MR) is 122 cm³/mol. The molecular formula is C21H17N3O3S3. The Morgan fingerprint density at radius 3 is 2.73 bits per heavy atom. The number of benzene rings is 2. The summed E-state index contributed by atoms with van der Waals surface area (Å²) in [4.78, 5) is 17.8. The fourth-order valence-corrected chi connectivity index (χ4v) is 5.50. The SMILES string of the molecule is Cc1ccc(-n2c(=S)sc3c(=O)n(C)c(SCc4ccc5c(c4)OCO5)nc32)cc1. The lowest BCUT2D eigenvalue weighted by Crippen LogP contribution is -2.19. The molecule has 2 aromatic carbocycles. The van der Waals surface area contributed by atoms with Crippen LogP contribution in [0, 0.1) is 10.9 Å². The Labute approximate surface area is 185 Å². The maximum Gasteiger partial charge on any atom is 0.273 e. The highest BCUT2D eigenvalue weighted by atomic mass is 32.2. The highest BCUT2D eigenvalue weighted by molar-refractivity contribution is 7.98. The van der Waals surface area contributed by atoms with Crippen LogP contribution in [0.5, 0.6) is 11.5 Å². The van der Waals surface area contributed by atoms with Gasteiger partial charge < -0.3 is 9.47 Å². The molecule has 9 heteroatoms. The van der Waals surface area contributed by atoms with E-state index in [1.807, 2.05) is 54.0 Å². The van der Waals surface area contributed by atoms with E-state index < -0.39 is 0 Å². The number of hydrogen-bond donors (Lipinski definition) is 0. The largest absolute Gasteiger partial charge is 0.454 e. The molecule has 0 N–H and O–H groups in total. The summed E-state index contributed by atoms with van der Waals surface area (Å²) >= 11 is 8.36. The minimum absolute atomic E-state index is 0.0878. The molecule has 30 heavy (non-hydrogen) atoms. The second kappa shape index (κ2) is 7.57. The number of ether oxygens (including phenoxy) is 2. The highest BCUT2D eigenvalue weighted by Crippen LogP contribution is 2.34. The standard InChI is InChI=1S/C21H17N3O3S3/c1-12-3-6-14(7-4-12)24-18-17(30-21(24)28)19(25)23(2)20(22-18)29-10-13-5-8-15-16(9-13)27-11-26-15/h3-9H,10-11H2,1-2H3. The molecule has 1 aliphatic rings. The topological polar surface area (TPSA) is 58.3 Å². The summed E-state index contributed by atoms with van der Waals surface area (Å²) in [6, 6.07) is 13.9. The van der Waals surface area contributed by atoms with Gasteiger partial charge in [0.25, 0.3) is 5.56 Å². The molecule has 4 aromatic rings. The minimum atomic E-state index is -0.0878. The van der Waals surface area contributed by atoms with Crippen molar-refractivity contribution in [2.45, 2.75) is 17.8 Å². The Balaban J connectivity index is 1.55. The maximum absolute atomic E-state index is 13.0. The van der Waals surface area contributed by atoms with Crippen molar-refractivity contribution in [2.75, 3.05) is 6.79 Å². The monoisotopic (exact) mass is 455 g/mol. The van der Waals surface area contributed by atoms with Crippen molar-refractivity contribution in [3.05, 3.63) is 67.9 Å². The Hall–Kier alpha value is -2.62. The second-order valence-corrected chi connectivity index (χ2v) is 9.51. The van der Waals surface area contributed by atoms with Gasteiger partial charge in [-0.3, -0.25) is 13.9 Å². The average Bonchev–Trinajstić information content (AvgIpc) is 3.34. The van der Waals surface area contributed by atoms with E-state index in [1.54, 1.807) is 11.6 Å². The van der Waals surface area contributed by atoms with E-state index in [1.165, 1.54) is 23.1 Å². The summed E-state index contributed by atoms with van der Waals surface area (Å²) in [7, 11) is 1.75. The Kier molecular flexibility index (Phi) is 4.88. The summed E-state index contributed by atoms with van der Waals surface area (Å²) in [6.07, 6.45) is 0. The van der Waals surface area contributed by atoms with Crippen molar-refractivity contribution in [1.29, 1.82) is 0 Å². The van der Waals surface area contributed by atoms with Crippen molar-refractivity contribution in [3.63, 3.8) is 0 Å². The molecule has 0 amide bonds. The van der Waals surface area contributed by atoms with Crippen LogP contribution in [-0.2, 0) is 12.8 Å². The maximum atomic E-state index is 13.0. The molecule has 6 nitrogen and oxygen atoms in total. The van der Waals surface area contributed by atoms with Gasteiger partial charge in [0.05, 0.1) is 0 Å². The van der Waals surface area contributed by atoms with Crippen LogP contribution in [0.3, 0.4) is 0 Å². The van der Waals surface area contributed by atoms with Crippen molar-refractivity contribution < 1.29 is 9.47 Å². The zero-order valence-corrected chi connectivity index (χ0v) is 18.7. The molecule has 0 atom stereocenters. The van der Waals surface area contributed by atoms with Crippen LogP contribution < -0.4 is 15.0 Å². The quantitative estimate of drug-likeness (QED) is 0.249. The molecular weight excluding hydrogens is 438 g/mol. The number of nitrogens with zero attached hydrogens (tertiary/aromatic N) is 3. The Morgan fingerprint density at radius 2 is 1.93 bits per heavy atom. The van der Waals surface area contributed by atoms with Crippen LogP contribution in [0.1, 0.15) is 11.1 Å². The summed E-state index contributed by atoms with van der Waals surface area (Å²) < 4.78 is 15.5. The zero-order valence-electron chi connectivity index (χ0n) is 16.2. The molecule has 0 bridgehead atoms. The van der Waals surface area contributed by atoms with Crippen LogP contribution in [-0.4, -0.2) is 20.9 Å². The third kappa shape index (κ3) is 3.32. The fourth-order valence-electron chi connectivity index (χ4n) is 3.24. The molecule has 0 saturated heterocycles. The van der Waals surface area contributed by atoms with E-state index in [0.29, 0.717) is 25.2 Å². The van der Waals surface area contributed by atoms with Gasteiger partial charge in [0, 0.05) is 18.5 Å². The van der Waals surface area contributed by atoms with Gasteiger partial charge in [0.15, 0.2) is 26.3 Å². The van der Waals surface area contributed by atoms with Gasteiger partial charge in [-0.15, -0.1) is 0 Å². The van der Waals surface area contributed by atoms with Crippen LogP contribution in [0.25, 0.3) is 16.0 Å². The van der Waals surface area contributed by atoms with Crippen LogP contribution in [0.4, 0.5) is 0 Å². The van der Waals surface area contributed by atoms with Gasteiger partial charge in [-0.05, 0) is 49.0 Å². The summed E-state index contributed by atoms with van der Waals surface area (Å²) in [5.74, 6) is 2.15. The summed E-state index contributed by atoms with van der Waals surface area (Å²) in [6.45, 7) is 2.28. The first-order valence-electron chi connectivity index (χ1n) is 9.22. The van der Waals surface area contributed by atoms with E-state index in [9.17, 15) is 4.79 Å². The lowest BCUT2D eigenvalue weighted by atomic mass is 10.2. The van der Waals surface area contributed by atoms with Gasteiger partial charge in [-0.2, -0.15) is 0 Å². The Bertz CT molecular complexity index is 1390. The van der Waals surface area contributed by atoms with Gasteiger partial charge in [-0.25, -0.2) is 4.98 Å². The molecule has 3 heterocycles. The van der Waals surface area contributed by atoms with E-state index in [4.69, 9.17) is 26.7 Å². The molecule has 152 valence electrons.